The maximum atomic E-state index is 4.32. The molecule has 0 N–H and O–H groups in total. The third kappa shape index (κ3) is 4.35. The topological polar surface area (TPSA) is 0 Å². The first-order valence-corrected chi connectivity index (χ1v) is 2.70. The fourth-order valence-corrected chi connectivity index (χ4v) is 0.491. The van der Waals surface area contributed by atoms with Gasteiger partial charge in [-0.3, -0.25) is 0 Å². The van der Waals surface area contributed by atoms with Crippen molar-refractivity contribution < 1.29 is 0 Å². The van der Waals surface area contributed by atoms with Crippen LogP contribution in [0.25, 0.3) is 0 Å². The van der Waals surface area contributed by atoms with Crippen molar-refractivity contribution in [3.63, 3.8) is 0 Å². The molecule has 2 heteroatoms. The third-order valence-electron chi connectivity index (χ3n) is 0.160. The zero-order valence-electron chi connectivity index (χ0n) is 2.57. The Morgan fingerprint density at radius 2 is 2.60 bits per heavy atom. The first-order chi connectivity index (χ1) is 2.41. The van der Waals surface area contributed by atoms with Gasteiger partial charge < -0.3 is 0 Å². The standard InChI is InChI=1S/C3H3BrS/c4-2-1-3-5/h1H,2H2. The van der Waals surface area contributed by atoms with Gasteiger partial charge in [0.2, 0.25) is 0 Å². The molecule has 0 unspecified atom stereocenters. The molecule has 0 nitrogen and oxygen atoms in total. The summed E-state index contributed by atoms with van der Waals surface area (Å²) in [5.41, 5.74) is 0. The van der Waals surface area contributed by atoms with Crippen LogP contribution in [0.3, 0.4) is 0 Å². The van der Waals surface area contributed by atoms with Crippen LogP contribution in [0.5, 0.6) is 0 Å². The second kappa shape index (κ2) is 4.35. The second-order valence-electron chi connectivity index (χ2n) is 0.476. The van der Waals surface area contributed by atoms with Crippen LogP contribution < -0.4 is 0 Å². The lowest BCUT2D eigenvalue weighted by Crippen LogP contribution is -1.50. The van der Waals surface area contributed by atoms with Crippen molar-refractivity contribution >= 4 is 33.2 Å². The molecular weight excluding hydrogens is 148 g/mol. The molecule has 0 fully saturated rings. The molecule has 0 aromatic carbocycles. The summed E-state index contributed by atoms with van der Waals surface area (Å²) in [6.45, 7) is 0. The van der Waals surface area contributed by atoms with E-state index in [1.807, 2.05) is 0 Å². The monoisotopic (exact) mass is 150 g/mol. The summed E-state index contributed by atoms with van der Waals surface area (Å²) in [6.07, 6.45) is 1.73. The van der Waals surface area contributed by atoms with Crippen molar-refractivity contribution in [1.29, 1.82) is 0 Å². The Balaban J connectivity index is 2.93. The van der Waals surface area contributed by atoms with Crippen LogP contribution in [-0.2, 0) is 0 Å². The molecule has 0 saturated heterocycles. The lowest BCUT2D eigenvalue weighted by atomic mass is 10.8. The normalized spacial score (nSPS) is 5.80. The summed E-state index contributed by atoms with van der Waals surface area (Å²) in [5.74, 6) is 0. The number of hydrogen-bond acceptors (Lipinski definition) is 1. The lowest BCUT2D eigenvalue weighted by molar-refractivity contribution is 1.91. The number of allylic oxidation sites excluding steroid dienone is 1. The Labute approximate surface area is 45.0 Å². The maximum Gasteiger partial charge on any atom is 0.0296 e. The molecule has 0 aromatic heterocycles. The minimum Gasteiger partial charge on any atom is -0.0876 e. The summed E-state index contributed by atoms with van der Waals surface area (Å²) in [6, 6.07) is 0. The van der Waals surface area contributed by atoms with Crippen molar-refractivity contribution in [3.8, 4) is 0 Å². The highest BCUT2D eigenvalue weighted by molar-refractivity contribution is 9.09. The molecule has 0 aliphatic heterocycles. The quantitative estimate of drug-likeness (QED) is 0.404. The molecule has 0 bridgehead atoms. The highest BCUT2D eigenvalue weighted by Crippen LogP contribution is 1.73. The molecule has 0 radical (unpaired) electrons. The SMILES string of the molecule is S=C=CCBr. The molecule has 0 aliphatic rings. The van der Waals surface area contributed by atoms with Crippen LogP contribution in [0.15, 0.2) is 6.08 Å². The van der Waals surface area contributed by atoms with Crippen LogP contribution in [0.2, 0.25) is 0 Å². The highest BCUT2D eigenvalue weighted by atomic mass is 79.9. The zero-order chi connectivity index (χ0) is 4.12. The summed E-state index contributed by atoms with van der Waals surface area (Å²) < 4.78 is 0. The van der Waals surface area contributed by atoms with E-state index in [-0.39, 0.29) is 0 Å². The van der Waals surface area contributed by atoms with Gasteiger partial charge in [-0.1, -0.05) is 15.9 Å². The number of halogens is 1. The van der Waals surface area contributed by atoms with E-state index in [4.69, 9.17) is 0 Å². The van der Waals surface area contributed by atoms with Crippen molar-refractivity contribution in [2.24, 2.45) is 0 Å². The maximum absolute atomic E-state index is 4.32. The summed E-state index contributed by atoms with van der Waals surface area (Å²) in [4.78, 5) is 0. The van der Waals surface area contributed by atoms with Gasteiger partial charge in [0, 0.05) is 5.33 Å². The predicted molar refractivity (Wildman–Crippen MR) is 31.0 cm³/mol. The van der Waals surface area contributed by atoms with Gasteiger partial charge in [0.1, 0.15) is 0 Å². The van der Waals surface area contributed by atoms with E-state index in [2.05, 4.69) is 33.2 Å². The average molecular weight is 151 g/mol. The lowest BCUT2D eigenvalue weighted by Gasteiger charge is -1.55. The van der Waals surface area contributed by atoms with Gasteiger partial charge in [-0.25, -0.2) is 0 Å². The molecular formula is C3H3BrS. The average Bonchev–Trinajstić information content (AvgIpc) is 1.41. The van der Waals surface area contributed by atoms with Gasteiger partial charge in [-0.15, -0.1) is 0 Å². The van der Waals surface area contributed by atoms with E-state index in [0.717, 1.165) is 5.33 Å². The smallest absolute Gasteiger partial charge is 0.0296 e. The summed E-state index contributed by atoms with van der Waals surface area (Å²) in [5, 5.41) is 3.24. The fraction of sp³-hybridized carbons (Fsp3) is 0.333. The molecule has 0 aliphatic carbocycles. The van der Waals surface area contributed by atoms with Gasteiger partial charge in [-0.2, -0.15) is 0 Å². The van der Waals surface area contributed by atoms with Crippen LogP contribution >= 0.6 is 28.1 Å². The van der Waals surface area contributed by atoms with E-state index in [0.29, 0.717) is 0 Å². The van der Waals surface area contributed by atoms with E-state index in [1.54, 1.807) is 6.08 Å². The minimum atomic E-state index is 0.816. The fourth-order valence-electron chi connectivity index (χ4n) is 0.0315. The molecule has 0 saturated carbocycles. The van der Waals surface area contributed by atoms with Crippen molar-refractivity contribution in [1.82, 2.24) is 0 Å². The highest BCUT2D eigenvalue weighted by Gasteiger charge is 1.53. The number of alkyl halides is 1. The van der Waals surface area contributed by atoms with Gasteiger partial charge >= 0.3 is 0 Å². The molecule has 0 rings (SSSR count). The summed E-state index contributed by atoms with van der Waals surface area (Å²) in [7, 11) is 0. The third-order valence-corrected chi connectivity index (χ3v) is 0.651. The van der Waals surface area contributed by atoms with Gasteiger partial charge in [0.25, 0.3) is 0 Å². The molecule has 0 amide bonds. The van der Waals surface area contributed by atoms with Gasteiger partial charge in [-0.05, 0) is 23.3 Å². The first-order valence-electron chi connectivity index (χ1n) is 1.17. The minimum absolute atomic E-state index is 0.816. The Kier molecular flexibility index (Phi) is 4.65. The molecule has 0 aromatic rings. The first kappa shape index (κ1) is 5.35. The predicted octanol–water partition coefficient (Wildman–Crippen LogP) is 1.54. The Bertz CT molecular complexity index is 53.9. The molecule has 0 atom stereocenters. The van der Waals surface area contributed by atoms with E-state index < -0.39 is 0 Å². The van der Waals surface area contributed by atoms with Gasteiger partial charge in [0.15, 0.2) is 0 Å². The number of thiocarbonyl (C=S) groups is 1. The molecule has 0 heterocycles. The van der Waals surface area contributed by atoms with Gasteiger partial charge in [0.05, 0.1) is 0 Å². The van der Waals surface area contributed by atoms with E-state index >= 15 is 0 Å². The van der Waals surface area contributed by atoms with Crippen molar-refractivity contribution in [3.05, 3.63) is 6.08 Å². The number of rotatable bonds is 1. The van der Waals surface area contributed by atoms with Crippen LogP contribution in [-0.4, -0.2) is 10.4 Å². The molecule has 0 spiro atoms. The Morgan fingerprint density at radius 3 is 2.60 bits per heavy atom. The van der Waals surface area contributed by atoms with Crippen LogP contribution in [0, 0.1) is 0 Å². The molecule has 5 heavy (non-hydrogen) atoms. The Hall–Kier alpha value is 0.350. The Morgan fingerprint density at radius 1 is 2.00 bits per heavy atom. The summed E-state index contributed by atoms with van der Waals surface area (Å²) >= 11 is 7.44. The second-order valence-corrected chi connectivity index (χ2v) is 1.36. The zero-order valence-corrected chi connectivity index (χ0v) is 4.97. The van der Waals surface area contributed by atoms with E-state index in [1.165, 1.54) is 0 Å². The largest absolute Gasteiger partial charge is 0.0876 e. The van der Waals surface area contributed by atoms with Crippen molar-refractivity contribution in [2.75, 3.05) is 5.33 Å². The van der Waals surface area contributed by atoms with Crippen LogP contribution in [0.4, 0.5) is 0 Å². The van der Waals surface area contributed by atoms with E-state index in [9.17, 15) is 0 Å². The molecule has 28 valence electrons. The van der Waals surface area contributed by atoms with Crippen LogP contribution in [0.1, 0.15) is 0 Å². The van der Waals surface area contributed by atoms with Crippen molar-refractivity contribution in [2.45, 2.75) is 0 Å². The number of hydrogen-bond donors (Lipinski definition) is 0.